The third kappa shape index (κ3) is 4.60. The molecule has 2 unspecified atom stereocenters. The second-order valence-electron chi connectivity index (χ2n) is 8.00. The van der Waals surface area contributed by atoms with E-state index < -0.39 is 5.82 Å². The standard InChI is InChI=1S/C23H27FN2O5/c1-29-19-9-21(27)20(22(10-19)30-2)11-26-17-7-16(8-18(26)13-31-12-17)25-23(28)14-4-3-5-15(24)6-14/h3-6,9-10,16-18,27H,7-8,11-13H2,1-2H3,(H,25,28). The summed E-state index contributed by atoms with van der Waals surface area (Å²) in [4.78, 5) is 14.9. The van der Waals surface area contributed by atoms with Gasteiger partial charge in [-0.15, -0.1) is 0 Å². The minimum atomic E-state index is -0.430. The number of aromatic hydroxyl groups is 1. The number of amides is 1. The molecule has 2 aromatic carbocycles. The van der Waals surface area contributed by atoms with E-state index in [-0.39, 0.29) is 29.8 Å². The maximum absolute atomic E-state index is 13.5. The molecule has 2 heterocycles. The summed E-state index contributed by atoms with van der Waals surface area (Å²) >= 11 is 0. The number of morpholine rings is 1. The van der Waals surface area contributed by atoms with Crippen LogP contribution in [-0.2, 0) is 11.3 Å². The largest absolute Gasteiger partial charge is 0.507 e. The number of carbonyl (C=O) groups excluding carboxylic acids is 1. The molecule has 1 amide bonds. The van der Waals surface area contributed by atoms with E-state index in [0.717, 1.165) is 0 Å². The fraction of sp³-hybridized carbons (Fsp3) is 0.435. The molecule has 2 aliphatic rings. The number of methoxy groups -OCH3 is 2. The Balaban J connectivity index is 1.48. The maximum Gasteiger partial charge on any atom is 0.251 e. The number of hydrogen-bond donors (Lipinski definition) is 2. The molecule has 7 nitrogen and oxygen atoms in total. The number of halogens is 1. The van der Waals surface area contributed by atoms with Gasteiger partial charge < -0.3 is 24.6 Å². The van der Waals surface area contributed by atoms with E-state index >= 15 is 0 Å². The lowest BCUT2D eigenvalue weighted by atomic mass is 9.89. The molecular weight excluding hydrogens is 403 g/mol. The van der Waals surface area contributed by atoms with E-state index in [2.05, 4.69) is 10.2 Å². The van der Waals surface area contributed by atoms with Crippen LogP contribution in [-0.4, -0.2) is 61.5 Å². The summed E-state index contributed by atoms with van der Waals surface area (Å²) in [5, 5.41) is 13.6. The number of carbonyl (C=O) groups is 1. The molecular formula is C23H27FN2O5. The van der Waals surface area contributed by atoms with Crippen molar-refractivity contribution in [3.63, 3.8) is 0 Å². The SMILES string of the molecule is COc1cc(O)c(CN2C3COCC2CC(NC(=O)c2cccc(F)c2)C3)c(OC)c1. The van der Waals surface area contributed by atoms with Gasteiger partial charge in [-0.3, -0.25) is 9.69 Å². The van der Waals surface area contributed by atoms with Crippen LogP contribution < -0.4 is 14.8 Å². The summed E-state index contributed by atoms with van der Waals surface area (Å²) in [6, 6.07) is 9.17. The monoisotopic (exact) mass is 430 g/mol. The van der Waals surface area contributed by atoms with Crippen molar-refractivity contribution in [1.82, 2.24) is 10.2 Å². The molecule has 0 radical (unpaired) electrons. The first-order valence-electron chi connectivity index (χ1n) is 10.3. The van der Waals surface area contributed by atoms with Gasteiger partial charge in [-0.25, -0.2) is 4.39 Å². The average Bonchev–Trinajstić information content (AvgIpc) is 2.75. The molecule has 2 aromatic rings. The molecule has 0 aliphatic carbocycles. The number of piperidine rings is 1. The Labute approximate surface area is 180 Å². The minimum absolute atomic E-state index is 0.0303. The Morgan fingerprint density at radius 1 is 1.19 bits per heavy atom. The van der Waals surface area contributed by atoms with E-state index in [1.54, 1.807) is 32.4 Å². The Kier molecular flexibility index (Phi) is 6.29. The number of hydrogen-bond acceptors (Lipinski definition) is 6. The fourth-order valence-electron chi connectivity index (χ4n) is 4.51. The van der Waals surface area contributed by atoms with Gasteiger partial charge >= 0.3 is 0 Å². The highest BCUT2D eigenvalue weighted by Crippen LogP contribution is 2.37. The smallest absolute Gasteiger partial charge is 0.251 e. The van der Waals surface area contributed by atoms with Crippen molar-refractivity contribution in [2.75, 3.05) is 27.4 Å². The second-order valence-corrected chi connectivity index (χ2v) is 8.00. The van der Waals surface area contributed by atoms with Gasteiger partial charge in [-0.1, -0.05) is 6.07 Å². The number of phenols is 1. The molecule has 0 aromatic heterocycles. The van der Waals surface area contributed by atoms with Gasteiger partial charge in [0.15, 0.2) is 0 Å². The van der Waals surface area contributed by atoms with Crippen molar-refractivity contribution < 1.29 is 28.5 Å². The number of nitrogens with one attached hydrogen (secondary N) is 1. The number of rotatable bonds is 6. The number of phenolic OH excluding ortho intramolecular Hbond substituents is 1. The number of benzene rings is 2. The summed E-state index contributed by atoms with van der Waals surface area (Å²) < 4.78 is 29.9. The van der Waals surface area contributed by atoms with E-state index in [0.29, 0.717) is 55.2 Å². The summed E-state index contributed by atoms with van der Waals surface area (Å²) in [5.74, 6) is 0.516. The molecule has 166 valence electrons. The van der Waals surface area contributed by atoms with E-state index in [1.165, 1.54) is 18.2 Å². The normalized spacial score (nSPS) is 23.3. The van der Waals surface area contributed by atoms with E-state index in [4.69, 9.17) is 14.2 Å². The van der Waals surface area contributed by atoms with Gasteiger partial charge in [-0.2, -0.15) is 0 Å². The van der Waals surface area contributed by atoms with E-state index in [1.807, 2.05) is 0 Å². The lowest BCUT2D eigenvalue weighted by Gasteiger charge is -2.48. The Morgan fingerprint density at radius 3 is 2.58 bits per heavy atom. The van der Waals surface area contributed by atoms with Crippen LogP contribution in [0, 0.1) is 5.82 Å². The molecule has 2 aliphatic heterocycles. The van der Waals surface area contributed by atoms with Crippen LogP contribution in [0.15, 0.2) is 36.4 Å². The number of nitrogens with zero attached hydrogens (tertiary/aromatic N) is 1. The molecule has 4 rings (SSSR count). The zero-order valence-corrected chi connectivity index (χ0v) is 17.6. The highest BCUT2D eigenvalue weighted by Gasteiger charge is 2.40. The summed E-state index contributed by atoms with van der Waals surface area (Å²) in [6.07, 6.45) is 1.41. The van der Waals surface area contributed by atoms with Gasteiger partial charge in [0.1, 0.15) is 23.1 Å². The highest BCUT2D eigenvalue weighted by molar-refractivity contribution is 5.94. The lowest BCUT2D eigenvalue weighted by Crippen LogP contribution is -2.60. The van der Waals surface area contributed by atoms with E-state index in [9.17, 15) is 14.3 Å². The summed E-state index contributed by atoms with van der Waals surface area (Å²) in [6.45, 7) is 1.59. The quantitative estimate of drug-likeness (QED) is 0.734. The third-order valence-electron chi connectivity index (χ3n) is 6.05. The Morgan fingerprint density at radius 2 is 1.94 bits per heavy atom. The van der Waals surface area contributed by atoms with Crippen LogP contribution in [0.4, 0.5) is 4.39 Å². The second kappa shape index (κ2) is 9.11. The van der Waals surface area contributed by atoms with Crippen molar-refractivity contribution in [3.05, 3.63) is 53.3 Å². The zero-order chi connectivity index (χ0) is 22.0. The Hall–Kier alpha value is -2.84. The predicted octanol–water partition coefficient (Wildman–Crippen LogP) is 2.71. The molecule has 2 atom stereocenters. The molecule has 31 heavy (non-hydrogen) atoms. The van der Waals surface area contributed by atoms with Crippen LogP contribution >= 0.6 is 0 Å². The van der Waals surface area contributed by atoms with Crippen molar-refractivity contribution in [2.24, 2.45) is 0 Å². The third-order valence-corrected chi connectivity index (χ3v) is 6.05. The zero-order valence-electron chi connectivity index (χ0n) is 17.6. The molecule has 2 saturated heterocycles. The van der Waals surface area contributed by atoms with Crippen LogP contribution in [0.1, 0.15) is 28.8 Å². The van der Waals surface area contributed by atoms with Crippen molar-refractivity contribution in [1.29, 1.82) is 0 Å². The van der Waals surface area contributed by atoms with Crippen LogP contribution in [0.5, 0.6) is 17.2 Å². The summed E-state index contributed by atoms with van der Waals surface area (Å²) in [5.41, 5.74) is 1.01. The van der Waals surface area contributed by atoms with Crippen molar-refractivity contribution >= 4 is 5.91 Å². The number of fused-ring (bicyclic) bond motifs is 2. The topological polar surface area (TPSA) is 80.3 Å². The van der Waals surface area contributed by atoms with Crippen LogP contribution in [0.2, 0.25) is 0 Å². The molecule has 8 heteroatoms. The molecule has 2 N–H and O–H groups in total. The molecule has 2 bridgehead atoms. The summed E-state index contributed by atoms with van der Waals surface area (Å²) in [7, 11) is 3.11. The molecule has 2 fully saturated rings. The molecule has 0 saturated carbocycles. The van der Waals surface area contributed by atoms with Crippen molar-refractivity contribution in [2.45, 2.75) is 37.5 Å². The van der Waals surface area contributed by atoms with Gasteiger partial charge in [0.2, 0.25) is 0 Å². The fourth-order valence-corrected chi connectivity index (χ4v) is 4.51. The Bertz CT molecular complexity index is 940. The number of ether oxygens (including phenoxy) is 3. The first-order chi connectivity index (χ1) is 15.0. The van der Waals surface area contributed by atoms with Gasteiger partial charge in [-0.05, 0) is 31.0 Å². The molecule has 0 spiro atoms. The van der Waals surface area contributed by atoms with Crippen molar-refractivity contribution in [3.8, 4) is 17.2 Å². The van der Waals surface area contributed by atoms with Gasteiger partial charge in [0.05, 0.1) is 33.0 Å². The van der Waals surface area contributed by atoms with Crippen LogP contribution in [0.25, 0.3) is 0 Å². The van der Waals surface area contributed by atoms with Gasteiger partial charge in [0.25, 0.3) is 5.91 Å². The predicted molar refractivity (Wildman–Crippen MR) is 112 cm³/mol. The maximum atomic E-state index is 13.5. The lowest BCUT2D eigenvalue weighted by molar-refractivity contribution is -0.0846. The first kappa shape index (κ1) is 21.4. The first-order valence-corrected chi connectivity index (χ1v) is 10.3. The highest BCUT2D eigenvalue weighted by atomic mass is 19.1. The van der Waals surface area contributed by atoms with Gasteiger partial charge in [0, 0.05) is 42.4 Å². The minimum Gasteiger partial charge on any atom is -0.507 e. The average molecular weight is 430 g/mol. The van der Waals surface area contributed by atoms with Crippen LogP contribution in [0.3, 0.4) is 0 Å².